The molecule has 0 fully saturated rings. The van der Waals surface area contributed by atoms with Gasteiger partial charge in [-0.3, -0.25) is 0 Å². The van der Waals surface area contributed by atoms with E-state index in [2.05, 4.69) is 33.8 Å². The highest BCUT2D eigenvalue weighted by molar-refractivity contribution is 14.0. The second-order valence-corrected chi connectivity index (χ2v) is 4.16. The first-order chi connectivity index (χ1) is 8.25. The molecule has 0 saturated carbocycles. The lowest BCUT2D eigenvalue weighted by Crippen LogP contribution is -2.36. The van der Waals surface area contributed by atoms with E-state index in [0.717, 1.165) is 17.9 Å². The highest BCUT2D eigenvalue weighted by atomic mass is 127. The van der Waals surface area contributed by atoms with Crippen molar-refractivity contribution in [2.45, 2.75) is 0 Å². The number of rotatable bonds is 1. The van der Waals surface area contributed by atoms with Gasteiger partial charge < -0.3 is 15.2 Å². The van der Waals surface area contributed by atoms with E-state index < -0.39 is 0 Å². The first-order valence-electron chi connectivity index (χ1n) is 5.57. The van der Waals surface area contributed by atoms with Crippen LogP contribution in [0.25, 0.3) is 16.7 Å². The Morgan fingerprint density at radius 1 is 1.22 bits per heavy atom. The average Bonchev–Trinajstić information content (AvgIpc) is 2.76. The van der Waals surface area contributed by atoms with Crippen LogP contribution in [0.3, 0.4) is 0 Å². The molecule has 1 aliphatic heterocycles. The molecule has 0 amide bonds. The van der Waals surface area contributed by atoms with Gasteiger partial charge in [-0.2, -0.15) is 4.99 Å². The molecule has 0 radical (unpaired) electrons. The zero-order chi connectivity index (χ0) is 11.8. The summed E-state index contributed by atoms with van der Waals surface area (Å²) >= 11 is 0. The molecule has 18 heavy (non-hydrogen) atoms. The van der Waals surface area contributed by atoms with E-state index in [1.165, 1.54) is 5.39 Å². The number of para-hydroxylation sites is 1. The predicted molar refractivity (Wildman–Crippen MR) is 85.9 cm³/mol. The van der Waals surface area contributed by atoms with Crippen LogP contribution in [0.2, 0.25) is 0 Å². The second-order valence-electron chi connectivity index (χ2n) is 4.16. The number of aliphatic imine (C=N–C) groups is 1. The topological polar surface area (TPSA) is 46.5 Å². The number of hydrogen-bond donors (Lipinski definition) is 1. The summed E-state index contributed by atoms with van der Waals surface area (Å²) in [6.45, 7) is 0.789. The van der Waals surface area contributed by atoms with Gasteiger partial charge in [0.2, 0.25) is 0 Å². The van der Waals surface area contributed by atoms with Crippen molar-refractivity contribution in [3.8, 4) is 0 Å². The van der Waals surface area contributed by atoms with Gasteiger partial charge >= 0.3 is 0 Å². The molecule has 1 aromatic heterocycles. The lowest BCUT2D eigenvalue weighted by molar-refractivity contribution is 0.549. The van der Waals surface area contributed by atoms with Gasteiger partial charge in [-0.1, -0.05) is 18.2 Å². The standard InChI is InChI=1S/C13H14N4.HI/c1-16-8-7-12(15-13(16)14)17-9-6-10-4-2-3-5-11(10)17;/h2-7,9H,8H2,1H3,(H2,14,15);1H. The predicted octanol–water partition coefficient (Wildman–Crippen LogP) is 2.32. The van der Waals surface area contributed by atoms with Crippen molar-refractivity contribution in [3.05, 3.63) is 42.6 Å². The van der Waals surface area contributed by atoms with Crippen LogP contribution in [0, 0.1) is 0 Å². The number of likely N-dealkylation sites (N-methyl/N-ethyl adjacent to an activating group) is 1. The fraction of sp³-hybridized carbons (Fsp3) is 0.154. The van der Waals surface area contributed by atoms with E-state index in [1.807, 2.05) is 30.3 Å². The van der Waals surface area contributed by atoms with Crippen molar-refractivity contribution in [1.82, 2.24) is 9.47 Å². The Balaban J connectivity index is 0.00000120. The van der Waals surface area contributed by atoms with Gasteiger partial charge in [0.05, 0.1) is 5.52 Å². The third kappa shape index (κ3) is 2.10. The molecular weight excluding hydrogens is 339 g/mol. The van der Waals surface area contributed by atoms with Gasteiger partial charge in [0.15, 0.2) is 5.96 Å². The van der Waals surface area contributed by atoms with E-state index in [4.69, 9.17) is 5.73 Å². The Hall–Kier alpha value is -1.50. The van der Waals surface area contributed by atoms with Gasteiger partial charge in [-0.25, -0.2) is 0 Å². The van der Waals surface area contributed by atoms with Gasteiger partial charge in [-0.15, -0.1) is 24.0 Å². The molecule has 0 unspecified atom stereocenters. The number of guanidine groups is 1. The number of nitrogens with two attached hydrogens (primary N) is 1. The third-order valence-corrected chi connectivity index (χ3v) is 3.01. The maximum Gasteiger partial charge on any atom is 0.197 e. The largest absolute Gasteiger partial charge is 0.369 e. The lowest BCUT2D eigenvalue weighted by Gasteiger charge is -2.21. The second kappa shape index (κ2) is 5.01. The summed E-state index contributed by atoms with van der Waals surface area (Å²) in [6, 6.07) is 10.3. The minimum absolute atomic E-state index is 0. The molecule has 2 N–H and O–H groups in total. The molecule has 0 bridgehead atoms. The molecule has 3 rings (SSSR count). The molecule has 0 aliphatic carbocycles. The van der Waals surface area contributed by atoms with Gasteiger partial charge in [-0.05, 0) is 23.6 Å². The first kappa shape index (κ1) is 12.9. The normalized spacial score (nSPS) is 15.1. The Kier molecular flexibility index (Phi) is 3.60. The van der Waals surface area contributed by atoms with E-state index >= 15 is 0 Å². The number of fused-ring (bicyclic) bond motifs is 1. The van der Waals surface area contributed by atoms with Crippen molar-refractivity contribution in [3.63, 3.8) is 0 Å². The molecule has 1 aliphatic rings. The molecule has 1 aromatic carbocycles. The van der Waals surface area contributed by atoms with Crippen LogP contribution in [0.4, 0.5) is 0 Å². The molecule has 2 aromatic rings. The van der Waals surface area contributed by atoms with Crippen molar-refractivity contribution in [2.24, 2.45) is 10.7 Å². The van der Waals surface area contributed by atoms with Crippen LogP contribution < -0.4 is 5.73 Å². The zero-order valence-corrected chi connectivity index (χ0v) is 12.4. The van der Waals surface area contributed by atoms with Crippen LogP contribution in [0.5, 0.6) is 0 Å². The Bertz CT molecular complexity index is 627. The van der Waals surface area contributed by atoms with Crippen LogP contribution in [-0.4, -0.2) is 29.0 Å². The fourth-order valence-electron chi connectivity index (χ4n) is 2.00. The lowest BCUT2D eigenvalue weighted by atomic mass is 10.2. The molecule has 4 nitrogen and oxygen atoms in total. The molecule has 5 heteroatoms. The summed E-state index contributed by atoms with van der Waals surface area (Å²) in [7, 11) is 1.93. The fourth-order valence-corrected chi connectivity index (χ4v) is 2.00. The number of halogens is 1. The summed E-state index contributed by atoms with van der Waals surface area (Å²) in [5.41, 5.74) is 6.99. The molecule has 2 heterocycles. The number of aromatic nitrogens is 1. The summed E-state index contributed by atoms with van der Waals surface area (Å²) in [4.78, 5) is 6.31. The summed E-state index contributed by atoms with van der Waals surface area (Å²) in [5, 5.41) is 1.21. The Morgan fingerprint density at radius 3 is 2.78 bits per heavy atom. The smallest absolute Gasteiger partial charge is 0.197 e. The van der Waals surface area contributed by atoms with E-state index in [-0.39, 0.29) is 24.0 Å². The summed E-state index contributed by atoms with van der Waals surface area (Å²) in [5.74, 6) is 1.45. The molecule has 0 spiro atoms. The minimum Gasteiger partial charge on any atom is -0.369 e. The Morgan fingerprint density at radius 2 is 2.00 bits per heavy atom. The minimum atomic E-state index is 0. The Labute approximate surface area is 123 Å². The number of nitrogens with zero attached hydrogens (tertiary/aromatic N) is 3. The summed E-state index contributed by atoms with van der Waals surface area (Å²) in [6.07, 6.45) is 4.10. The van der Waals surface area contributed by atoms with E-state index in [1.54, 1.807) is 0 Å². The molecule has 94 valence electrons. The van der Waals surface area contributed by atoms with Gasteiger partial charge in [0.1, 0.15) is 5.82 Å². The average molecular weight is 354 g/mol. The SMILES string of the molecule is CN1CC=C(n2ccc3ccccc32)N=C1N.I. The van der Waals surface area contributed by atoms with Crippen molar-refractivity contribution >= 4 is 46.7 Å². The maximum atomic E-state index is 5.84. The highest BCUT2D eigenvalue weighted by Gasteiger charge is 2.11. The van der Waals surface area contributed by atoms with Crippen molar-refractivity contribution in [1.29, 1.82) is 0 Å². The van der Waals surface area contributed by atoms with E-state index in [0.29, 0.717) is 5.96 Å². The quantitative estimate of drug-likeness (QED) is 0.799. The summed E-state index contributed by atoms with van der Waals surface area (Å²) < 4.78 is 2.06. The third-order valence-electron chi connectivity index (χ3n) is 3.01. The molecule has 0 saturated heterocycles. The van der Waals surface area contributed by atoms with Crippen LogP contribution in [0.15, 0.2) is 47.6 Å². The molecular formula is C13H15IN4. The maximum absolute atomic E-state index is 5.84. The molecule has 0 atom stereocenters. The van der Waals surface area contributed by atoms with Gasteiger partial charge in [0, 0.05) is 19.8 Å². The van der Waals surface area contributed by atoms with Crippen molar-refractivity contribution in [2.75, 3.05) is 13.6 Å². The van der Waals surface area contributed by atoms with Gasteiger partial charge in [0.25, 0.3) is 0 Å². The van der Waals surface area contributed by atoms with Crippen LogP contribution in [-0.2, 0) is 0 Å². The monoisotopic (exact) mass is 354 g/mol. The number of hydrogen-bond acceptors (Lipinski definition) is 3. The zero-order valence-electron chi connectivity index (χ0n) is 10.1. The van der Waals surface area contributed by atoms with E-state index in [9.17, 15) is 0 Å². The van der Waals surface area contributed by atoms with Crippen LogP contribution >= 0.6 is 24.0 Å². The van der Waals surface area contributed by atoms with Crippen molar-refractivity contribution < 1.29 is 0 Å². The first-order valence-corrected chi connectivity index (χ1v) is 5.57. The van der Waals surface area contributed by atoms with Crippen LogP contribution in [0.1, 0.15) is 0 Å². The number of benzene rings is 1. The highest BCUT2D eigenvalue weighted by Crippen LogP contribution is 2.21.